The SMILES string of the molecule is Cc1cc(CNC2CC2)ccc1Sc1ccccc1. The molecular formula is C17H19NS. The minimum Gasteiger partial charge on any atom is -0.310 e. The van der Waals surface area contributed by atoms with E-state index in [-0.39, 0.29) is 0 Å². The zero-order chi connectivity index (χ0) is 13.1. The predicted octanol–water partition coefficient (Wildman–Crippen LogP) is 4.40. The molecule has 1 saturated carbocycles. The Hall–Kier alpha value is -1.25. The van der Waals surface area contributed by atoms with Crippen LogP contribution in [-0.4, -0.2) is 6.04 Å². The molecule has 1 fully saturated rings. The molecule has 0 amide bonds. The maximum absolute atomic E-state index is 3.56. The van der Waals surface area contributed by atoms with Gasteiger partial charge < -0.3 is 5.32 Å². The number of hydrogen-bond donors (Lipinski definition) is 1. The molecule has 2 aromatic rings. The van der Waals surface area contributed by atoms with Gasteiger partial charge in [-0.15, -0.1) is 0 Å². The molecule has 3 rings (SSSR count). The quantitative estimate of drug-likeness (QED) is 0.863. The van der Waals surface area contributed by atoms with E-state index in [2.05, 4.69) is 60.8 Å². The van der Waals surface area contributed by atoms with E-state index >= 15 is 0 Å². The summed E-state index contributed by atoms with van der Waals surface area (Å²) in [6, 6.07) is 18.1. The topological polar surface area (TPSA) is 12.0 Å². The Morgan fingerprint density at radius 3 is 2.58 bits per heavy atom. The Morgan fingerprint density at radius 1 is 1.11 bits per heavy atom. The summed E-state index contributed by atoms with van der Waals surface area (Å²) in [4.78, 5) is 2.65. The van der Waals surface area contributed by atoms with Crippen molar-refractivity contribution < 1.29 is 0 Å². The van der Waals surface area contributed by atoms with Crippen LogP contribution in [0, 0.1) is 6.92 Å². The molecule has 0 aliphatic heterocycles. The fourth-order valence-corrected chi connectivity index (χ4v) is 3.00. The van der Waals surface area contributed by atoms with Crippen molar-refractivity contribution in [1.29, 1.82) is 0 Å². The molecule has 1 aliphatic rings. The van der Waals surface area contributed by atoms with Crippen LogP contribution in [0.5, 0.6) is 0 Å². The van der Waals surface area contributed by atoms with Gasteiger partial charge >= 0.3 is 0 Å². The van der Waals surface area contributed by atoms with E-state index in [0.29, 0.717) is 0 Å². The molecule has 0 aromatic heterocycles. The molecular weight excluding hydrogens is 250 g/mol. The van der Waals surface area contributed by atoms with Crippen molar-refractivity contribution in [3.63, 3.8) is 0 Å². The highest BCUT2D eigenvalue weighted by Gasteiger charge is 2.19. The highest BCUT2D eigenvalue weighted by Crippen LogP contribution is 2.30. The van der Waals surface area contributed by atoms with E-state index in [4.69, 9.17) is 0 Å². The van der Waals surface area contributed by atoms with E-state index in [1.54, 1.807) is 0 Å². The highest BCUT2D eigenvalue weighted by molar-refractivity contribution is 7.99. The Balaban J connectivity index is 1.68. The van der Waals surface area contributed by atoms with Gasteiger partial charge in [-0.3, -0.25) is 0 Å². The van der Waals surface area contributed by atoms with Crippen LogP contribution >= 0.6 is 11.8 Å². The normalized spacial score (nSPS) is 14.6. The molecule has 0 bridgehead atoms. The molecule has 0 spiro atoms. The van der Waals surface area contributed by atoms with Gasteiger partial charge in [-0.05, 0) is 49.1 Å². The fourth-order valence-electron chi connectivity index (χ4n) is 2.10. The third kappa shape index (κ3) is 3.62. The van der Waals surface area contributed by atoms with Crippen LogP contribution in [0.2, 0.25) is 0 Å². The third-order valence-corrected chi connectivity index (χ3v) is 4.57. The van der Waals surface area contributed by atoms with Crippen molar-refractivity contribution in [2.45, 2.75) is 42.1 Å². The zero-order valence-corrected chi connectivity index (χ0v) is 12.0. The van der Waals surface area contributed by atoms with Crippen LogP contribution in [-0.2, 0) is 6.54 Å². The highest BCUT2D eigenvalue weighted by atomic mass is 32.2. The number of rotatable bonds is 5. The van der Waals surface area contributed by atoms with E-state index in [1.165, 1.54) is 33.8 Å². The van der Waals surface area contributed by atoms with Crippen LogP contribution in [0.4, 0.5) is 0 Å². The first-order valence-corrected chi connectivity index (χ1v) is 7.69. The fraction of sp³-hybridized carbons (Fsp3) is 0.294. The Labute approximate surface area is 119 Å². The summed E-state index contributed by atoms with van der Waals surface area (Å²) < 4.78 is 0. The Kier molecular flexibility index (Phi) is 3.90. The lowest BCUT2D eigenvalue weighted by atomic mass is 10.1. The average molecular weight is 269 g/mol. The van der Waals surface area contributed by atoms with Crippen molar-refractivity contribution in [3.05, 3.63) is 59.7 Å². The first-order chi connectivity index (χ1) is 9.31. The van der Waals surface area contributed by atoms with Crippen LogP contribution in [0.15, 0.2) is 58.3 Å². The molecule has 1 aliphatic carbocycles. The second-order valence-electron chi connectivity index (χ2n) is 5.17. The van der Waals surface area contributed by atoms with Gasteiger partial charge in [-0.2, -0.15) is 0 Å². The smallest absolute Gasteiger partial charge is 0.0208 e. The van der Waals surface area contributed by atoms with Crippen LogP contribution < -0.4 is 5.32 Å². The third-order valence-electron chi connectivity index (χ3n) is 3.38. The van der Waals surface area contributed by atoms with Gasteiger partial charge in [0.25, 0.3) is 0 Å². The molecule has 2 heteroatoms. The Morgan fingerprint density at radius 2 is 1.89 bits per heavy atom. The number of benzene rings is 2. The zero-order valence-electron chi connectivity index (χ0n) is 11.2. The lowest BCUT2D eigenvalue weighted by Crippen LogP contribution is -2.15. The number of nitrogens with one attached hydrogen (secondary N) is 1. The van der Waals surface area contributed by atoms with Crippen molar-refractivity contribution in [2.75, 3.05) is 0 Å². The molecule has 0 atom stereocenters. The largest absolute Gasteiger partial charge is 0.310 e. The average Bonchev–Trinajstić information content (AvgIpc) is 3.25. The predicted molar refractivity (Wildman–Crippen MR) is 81.6 cm³/mol. The second kappa shape index (κ2) is 5.81. The van der Waals surface area contributed by atoms with Crippen LogP contribution in [0.25, 0.3) is 0 Å². The summed E-state index contributed by atoms with van der Waals surface area (Å²) in [6.07, 6.45) is 2.70. The van der Waals surface area contributed by atoms with Crippen molar-refractivity contribution in [2.24, 2.45) is 0 Å². The molecule has 1 nitrogen and oxygen atoms in total. The van der Waals surface area contributed by atoms with Crippen molar-refractivity contribution in [1.82, 2.24) is 5.32 Å². The molecule has 2 aromatic carbocycles. The first kappa shape index (κ1) is 12.8. The molecule has 19 heavy (non-hydrogen) atoms. The van der Waals surface area contributed by atoms with E-state index in [0.717, 1.165) is 12.6 Å². The van der Waals surface area contributed by atoms with Crippen LogP contribution in [0.3, 0.4) is 0 Å². The van der Waals surface area contributed by atoms with Gasteiger partial charge in [0.1, 0.15) is 0 Å². The molecule has 0 heterocycles. The van der Waals surface area contributed by atoms with Gasteiger partial charge in [0.05, 0.1) is 0 Å². The number of hydrogen-bond acceptors (Lipinski definition) is 2. The molecule has 0 saturated heterocycles. The van der Waals surface area contributed by atoms with Crippen molar-refractivity contribution >= 4 is 11.8 Å². The number of aryl methyl sites for hydroxylation is 1. The summed E-state index contributed by atoms with van der Waals surface area (Å²) >= 11 is 1.84. The lowest BCUT2D eigenvalue weighted by Gasteiger charge is -2.09. The minimum absolute atomic E-state index is 0.777. The molecule has 0 unspecified atom stereocenters. The molecule has 1 N–H and O–H groups in total. The van der Waals surface area contributed by atoms with E-state index in [1.807, 2.05) is 11.8 Å². The maximum atomic E-state index is 3.56. The van der Waals surface area contributed by atoms with Gasteiger partial charge in [-0.25, -0.2) is 0 Å². The monoisotopic (exact) mass is 269 g/mol. The lowest BCUT2D eigenvalue weighted by molar-refractivity contribution is 0.687. The van der Waals surface area contributed by atoms with Gasteiger partial charge in [0.15, 0.2) is 0 Å². The molecule has 98 valence electrons. The summed E-state index contributed by atoms with van der Waals surface area (Å²) in [7, 11) is 0. The van der Waals surface area contributed by atoms with E-state index < -0.39 is 0 Å². The maximum Gasteiger partial charge on any atom is 0.0208 e. The van der Waals surface area contributed by atoms with E-state index in [9.17, 15) is 0 Å². The molecule has 0 radical (unpaired) electrons. The summed E-state index contributed by atoms with van der Waals surface area (Å²) in [5.74, 6) is 0. The van der Waals surface area contributed by atoms with Crippen LogP contribution in [0.1, 0.15) is 24.0 Å². The van der Waals surface area contributed by atoms with Crippen molar-refractivity contribution in [3.8, 4) is 0 Å². The summed E-state index contributed by atoms with van der Waals surface area (Å²) in [6.45, 7) is 3.20. The summed E-state index contributed by atoms with van der Waals surface area (Å²) in [5, 5.41) is 3.56. The van der Waals surface area contributed by atoms with Gasteiger partial charge in [0, 0.05) is 22.4 Å². The van der Waals surface area contributed by atoms with Gasteiger partial charge in [0.2, 0.25) is 0 Å². The van der Waals surface area contributed by atoms with Gasteiger partial charge in [-0.1, -0.05) is 42.1 Å². The first-order valence-electron chi connectivity index (χ1n) is 6.87. The summed E-state index contributed by atoms with van der Waals surface area (Å²) in [5.41, 5.74) is 2.76. The second-order valence-corrected chi connectivity index (χ2v) is 6.29. The minimum atomic E-state index is 0.777. The standard InChI is InChI=1S/C17H19NS/c1-13-11-14(12-18-15-8-9-15)7-10-17(13)19-16-5-3-2-4-6-16/h2-7,10-11,15,18H,8-9,12H2,1H3. The Bertz CT molecular complexity index is 546.